The van der Waals surface area contributed by atoms with Gasteiger partial charge in [0.15, 0.2) is 0 Å². The van der Waals surface area contributed by atoms with Crippen molar-refractivity contribution < 1.29 is 14.5 Å². The molecule has 2 N–H and O–H groups in total. The number of likely N-dealkylation sites (tertiary alicyclic amines) is 1. The topological polar surface area (TPSA) is 108 Å². The van der Waals surface area contributed by atoms with E-state index in [1.807, 2.05) is 29.2 Å². The molecule has 0 bridgehead atoms. The monoisotopic (exact) mass is 551 g/mol. The van der Waals surface area contributed by atoms with E-state index in [2.05, 4.69) is 33.7 Å². The minimum Gasteiger partial charge on any atom is -0.354 e. The summed E-state index contributed by atoms with van der Waals surface area (Å²) in [6.07, 6.45) is 4.49. The summed E-state index contributed by atoms with van der Waals surface area (Å²) >= 11 is 0. The van der Waals surface area contributed by atoms with E-state index in [9.17, 15) is 19.7 Å². The fourth-order valence-corrected chi connectivity index (χ4v) is 5.99. The van der Waals surface area contributed by atoms with Crippen molar-refractivity contribution in [2.24, 2.45) is 0 Å². The lowest BCUT2D eigenvalue weighted by molar-refractivity contribution is -0.384. The molecule has 3 aliphatic rings. The minimum absolute atomic E-state index is 0.0635. The molecular weight excluding hydrogens is 518 g/mol. The van der Waals surface area contributed by atoms with E-state index in [0.717, 1.165) is 48.4 Å². The maximum atomic E-state index is 13.4. The second-order valence-electron chi connectivity index (χ2n) is 11.0. The van der Waals surface area contributed by atoms with Crippen LogP contribution >= 0.6 is 0 Å². The molecule has 0 aliphatic carbocycles. The SMILES string of the molecule is CC(=O)N1CCc2cc(NC(=C3C(=O)Nc4ccc([N+](=O)[O-])cc43)c3ccc(CN4CCCCC4)cc3)ccc2C1. The Hall–Kier alpha value is -4.50. The van der Waals surface area contributed by atoms with Crippen LogP contribution in [0.5, 0.6) is 0 Å². The third-order valence-corrected chi connectivity index (χ3v) is 8.24. The summed E-state index contributed by atoms with van der Waals surface area (Å²) in [5.74, 6) is -0.246. The van der Waals surface area contributed by atoms with Gasteiger partial charge in [0, 0.05) is 55.6 Å². The Morgan fingerprint density at radius 2 is 1.76 bits per heavy atom. The number of fused-ring (bicyclic) bond motifs is 2. The maximum Gasteiger partial charge on any atom is 0.270 e. The smallest absolute Gasteiger partial charge is 0.270 e. The Labute approximate surface area is 239 Å². The van der Waals surface area contributed by atoms with Crippen molar-refractivity contribution in [3.05, 3.63) is 98.6 Å². The number of rotatable bonds is 6. The molecule has 210 valence electrons. The van der Waals surface area contributed by atoms with E-state index in [1.165, 1.54) is 37.0 Å². The number of anilines is 2. The molecule has 9 heteroatoms. The molecular formula is C32H33N5O4. The van der Waals surface area contributed by atoms with Gasteiger partial charge in [-0.25, -0.2) is 0 Å². The Bertz CT molecular complexity index is 1560. The molecule has 6 rings (SSSR count). The zero-order chi connectivity index (χ0) is 28.5. The number of carbonyl (C=O) groups excluding carboxylic acids is 2. The van der Waals surface area contributed by atoms with Crippen molar-refractivity contribution in [1.82, 2.24) is 9.80 Å². The predicted molar refractivity (Wildman–Crippen MR) is 159 cm³/mol. The summed E-state index contributed by atoms with van der Waals surface area (Å²) in [5.41, 5.74) is 7.02. The lowest BCUT2D eigenvalue weighted by Gasteiger charge is -2.28. The first-order chi connectivity index (χ1) is 19.9. The number of nitro groups is 1. The van der Waals surface area contributed by atoms with Gasteiger partial charge < -0.3 is 15.5 Å². The molecule has 9 nitrogen and oxygen atoms in total. The van der Waals surface area contributed by atoms with E-state index >= 15 is 0 Å². The normalized spacial score (nSPS) is 17.9. The van der Waals surface area contributed by atoms with Crippen LogP contribution in [0.4, 0.5) is 17.1 Å². The second-order valence-corrected chi connectivity index (χ2v) is 11.0. The van der Waals surface area contributed by atoms with E-state index in [1.54, 1.807) is 13.0 Å². The number of non-ortho nitro benzene ring substituents is 1. The van der Waals surface area contributed by atoms with Gasteiger partial charge in [-0.15, -0.1) is 0 Å². The quantitative estimate of drug-likeness (QED) is 0.241. The third-order valence-electron chi connectivity index (χ3n) is 8.24. The number of hydrogen-bond donors (Lipinski definition) is 2. The molecule has 0 spiro atoms. The Morgan fingerprint density at radius 1 is 0.976 bits per heavy atom. The van der Waals surface area contributed by atoms with Crippen LogP contribution in [0.1, 0.15) is 54.0 Å². The summed E-state index contributed by atoms with van der Waals surface area (Å²) in [6, 6.07) is 18.7. The molecule has 0 radical (unpaired) electrons. The highest BCUT2D eigenvalue weighted by molar-refractivity contribution is 6.37. The Morgan fingerprint density at radius 3 is 2.49 bits per heavy atom. The first-order valence-electron chi connectivity index (χ1n) is 14.2. The summed E-state index contributed by atoms with van der Waals surface area (Å²) in [4.78, 5) is 40.7. The molecule has 3 aliphatic heterocycles. The fraction of sp³-hybridized carbons (Fsp3) is 0.312. The summed E-state index contributed by atoms with van der Waals surface area (Å²) < 4.78 is 0. The number of amides is 2. The van der Waals surface area contributed by atoms with Gasteiger partial charge in [0.2, 0.25) is 5.91 Å². The van der Waals surface area contributed by atoms with Crippen LogP contribution in [0.15, 0.2) is 60.7 Å². The predicted octanol–water partition coefficient (Wildman–Crippen LogP) is 5.42. The van der Waals surface area contributed by atoms with Crippen LogP contribution in [0.3, 0.4) is 0 Å². The van der Waals surface area contributed by atoms with Crippen molar-refractivity contribution in [1.29, 1.82) is 0 Å². The van der Waals surface area contributed by atoms with Gasteiger partial charge in [-0.1, -0.05) is 36.8 Å². The fourth-order valence-electron chi connectivity index (χ4n) is 5.99. The molecule has 1 saturated heterocycles. The van der Waals surface area contributed by atoms with Gasteiger partial charge in [0.05, 0.1) is 16.2 Å². The first kappa shape index (κ1) is 26.7. The summed E-state index contributed by atoms with van der Waals surface area (Å²) in [7, 11) is 0. The molecule has 0 aromatic heterocycles. The molecule has 0 atom stereocenters. The number of carbonyl (C=O) groups is 2. The molecule has 2 amide bonds. The lowest BCUT2D eigenvalue weighted by atomic mass is 9.97. The highest BCUT2D eigenvalue weighted by atomic mass is 16.6. The molecule has 3 heterocycles. The van der Waals surface area contributed by atoms with Crippen molar-refractivity contribution in [3.63, 3.8) is 0 Å². The average molecular weight is 552 g/mol. The molecule has 0 unspecified atom stereocenters. The molecule has 3 aromatic rings. The molecule has 41 heavy (non-hydrogen) atoms. The van der Waals surface area contributed by atoms with Gasteiger partial charge in [0.1, 0.15) is 0 Å². The number of nitrogens with zero attached hydrogens (tertiary/aromatic N) is 3. The zero-order valence-electron chi connectivity index (χ0n) is 23.1. The number of nitro benzene ring substituents is 1. The highest BCUT2D eigenvalue weighted by Crippen LogP contribution is 2.39. The second kappa shape index (κ2) is 11.2. The van der Waals surface area contributed by atoms with Crippen LogP contribution in [0.2, 0.25) is 0 Å². The van der Waals surface area contributed by atoms with Crippen molar-refractivity contribution in [2.45, 2.75) is 45.7 Å². The van der Waals surface area contributed by atoms with Gasteiger partial charge in [-0.05, 0) is 72.8 Å². The van der Waals surface area contributed by atoms with Crippen molar-refractivity contribution in [2.75, 3.05) is 30.3 Å². The van der Waals surface area contributed by atoms with Crippen LogP contribution in [-0.4, -0.2) is 46.2 Å². The van der Waals surface area contributed by atoms with Crippen molar-refractivity contribution >= 4 is 40.1 Å². The molecule has 0 saturated carbocycles. The van der Waals surface area contributed by atoms with Crippen LogP contribution in [0.25, 0.3) is 11.3 Å². The van der Waals surface area contributed by atoms with Gasteiger partial charge >= 0.3 is 0 Å². The zero-order valence-corrected chi connectivity index (χ0v) is 23.1. The molecule has 1 fully saturated rings. The number of benzene rings is 3. The van der Waals surface area contributed by atoms with Gasteiger partial charge in [-0.3, -0.25) is 24.6 Å². The number of nitrogens with one attached hydrogen (secondary N) is 2. The summed E-state index contributed by atoms with van der Waals surface area (Å²) in [5, 5.41) is 17.9. The number of piperidine rings is 1. The Kier molecular flexibility index (Phi) is 7.28. The van der Waals surface area contributed by atoms with E-state index < -0.39 is 4.92 Å². The average Bonchev–Trinajstić information content (AvgIpc) is 3.31. The van der Waals surface area contributed by atoms with Crippen LogP contribution in [-0.2, 0) is 29.1 Å². The first-order valence-corrected chi connectivity index (χ1v) is 14.2. The largest absolute Gasteiger partial charge is 0.354 e. The number of hydrogen-bond acceptors (Lipinski definition) is 6. The van der Waals surface area contributed by atoms with E-state index in [0.29, 0.717) is 35.6 Å². The Balaban J connectivity index is 1.38. The summed E-state index contributed by atoms with van der Waals surface area (Å²) in [6.45, 7) is 5.94. The lowest BCUT2D eigenvalue weighted by Crippen LogP contribution is -2.34. The van der Waals surface area contributed by atoms with E-state index in [-0.39, 0.29) is 17.5 Å². The van der Waals surface area contributed by atoms with E-state index in [4.69, 9.17) is 0 Å². The minimum atomic E-state index is -0.447. The highest BCUT2D eigenvalue weighted by Gasteiger charge is 2.30. The van der Waals surface area contributed by atoms with Crippen molar-refractivity contribution in [3.8, 4) is 0 Å². The third kappa shape index (κ3) is 5.58. The maximum absolute atomic E-state index is 13.4. The standard InChI is InChI=1S/C32H33N5O4/c1-21(38)36-16-13-24-17-26(10-9-25(24)20-36)33-31(23-7-5-22(6-8-23)19-35-14-3-2-4-15-35)30-28-18-27(37(40)41)11-12-29(28)34-32(30)39/h5-12,17-18,33H,2-4,13-16,19-20H2,1H3,(H,34,39). The van der Waals surface area contributed by atoms with Crippen LogP contribution in [0, 0.1) is 10.1 Å². The van der Waals surface area contributed by atoms with Gasteiger partial charge in [-0.2, -0.15) is 0 Å². The van der Waals surface area contributed by atoms with Gasteiger partial charge in [0.25, 0.3) is 11.6 Å². The molecule has 3 aromatic carbocycles. The van der Waals surface area contributed by atoms with Crippen LogP contribution < -0.4 is 10.6 Å².